The van der Waals surface area contributed by atoms with Crippen LogP contribution in [0.3, 0.4) is 0 Å². The van der Waals surface area contributed by atoms with Crippen LogP contribution in [-0.4, -0.2) is 12.9 Å². The van der Waals surface area contributed by atoms with Crippen molar-refractivity contribution in [3.63, 3.8) is 0 Å². The summed E-state index contributed by atoms with van der Waals surface area (Å²) in [6.07, 6.45) is 0.746. The van der Waals surface area contributed by atoms with E-state index in [1.165, 1.54) is 7.11 Å². The lowest BCUT2D eigenvalue weighted by Gasteiger charge is -2.16. The van der Waals surface area contributed by atoms with E-state index in [0.29, 0.717) is 17.2 Å². The van der Waals surface area contributed by atoms with Gasteiger partial charge in [-0.25, -0.2) is 8.78 Å². The Morgan fingerprint density at radius 1 is 1.08 bits per heavy atom. The maximum Gasteiger partial charge on any atom is 0.167 e. The van der Waals surface area contributed by atoms with Gasteiger partial charge in [0, 0.05) is 5.69 Å². The van der Waals surface area contributed by atoms with Gasteiger partial charge in [-0.2, -0.15) is 10.5 Å². The van der Waals surface area contributed by atoms with E-state index in [4.69, 9.17) is 15.3 Å². The maximum atomic E-state index is 14.8. The van der Waals surface area contributed by atoms with Gasteiger partial charge in [-0.15, -0.1) is 11.8 Å². The van der Waals surface area contributed by atoms with E-state index in [2.05, 4.69) is 5.32 Å². The molecule has 0 aliphatic rings. The maximum absolute atomic E-state index is 14.8. The number of thioether (sulfide) groups is 1. The normalized spacial score (nSPS) is 10.0. The van der Waals surface area contributed by atoms with Crippen LogP contribution in [-0.2, 0) is 0 Å². The Hall–Kier alpha value is -2.77. The van der Waals surface area contributed by atoms with Gasteiger partial charge >= 0.3 is 0 Å². The van der Waals surface area contributed by atoms with Crippen LogP contribution in [0.15, 0.2) is 29.2 Å². The van der Waals surface area contributed by atoms with E-state index < -0.39 is 22.8 Å². The highest BCUT2D eigenvalue weighted by atomic mass is 32.2. The molecule has 0 aliphatic carbocycles. The highest BCUT2D eigenvalue weighted by Gasteiger charge is 2.25. The van der Waals surface area contributed by atoms with E-state index in [1.54, 1.807) is 36.4 Å². The van der Waals surface area contributed by atoms with Crippen LogP contribution in [0.1, 0.15) is 24.5 Å². The van der Waals surface area contributed by atoms with Crippen LogP contribution in [0, 0.1) is 34.3 Å². The number of anilines is 2. The summed E-state index contributed by atoms with van der Waals surface area (Å²) in [4.78, 5) is -0.00859. The van der Waals surface area contributed by atoms with Crippen LogP contribution in [0.4, 0.5) is 20.2 Å². The molecular formula is C18H15F2N3OS. The first-order chi connectivity index (χ1) is 12.1. The van der Waals surface area contributed by atoms with Crippen LogP contribution in [0.25, 0.3) is 0 Å². The van der Waals surface area contributed by atoms with Crippen LogP contribution in [0.5, 0.6) is 5.75 Å². The molecule has 0 saturated heterocycles. The summed E-state index contributed by atoms with van der Waals surface area (Å²) in [7, 11) is 1.52. The molecule has 4 nitrogen and oxygen atoms in total. The molecule has 0 heterocycles. The minimum atomic E-state index is -0.935. The zero-order valence-electron chi connectivity index (χ0n) is 13.7. The Balaban J connectivity index is 2.58. The summed E-state index contributed by atoms with van der Waals surface area (Å²) in [6, 6.07) is 9.80. The SMILES string of the molecule is CCCSc1c(F)c(C#N)c(C#N)c(F)c1Nc1ccc(OC)cc1. The van der Waals surface area contributed by atoms with Gasteiger partial charge in [-0.05, 0) is 36.4 Å². The zero-order valence-corrected chi connectivity index (χ0v) is 14.5. The van der Waals surface area contributed by atoms with E-state index in [0.717, 1.165) is 18.2 Å². The van der Waals surface area contributed by atoms with E-state index >= 15 is 0 Å². The van der Waals surface area contributed by atoms with Crippen LogP contribution >= 0.6 is 11.8 Å². The van der Waals surface area contributed by atoms with Gasteiger partial charge in [0.25, 0.3) is 0 Å². The third kappa shape index (κ3) is 3.84. The summed E-state index contributed by atoms with van der Waals surface area (Å²) in [5.41, 5.74) is -0.807. The highest BCUT2D eigenvalue weighted by Crippen LogP contribution is 2.38. The fourth-order valence-corrected chi connectivity index (χ4v) is 3.07. The number of hydrogen-bond donors (Lipinski definition) is 1. The average Bonchev–Trinajstić information content (AvgIpc) is 2.64. The Morgan fingerprint density at radius 2 is 1.68 bits per heavy atom. The largest absolute Gasteiger partial charge is 0.497 e. The second kappa shape index (κ2) is 8.36. The molecule has 0 radical (unpaired) electrons. The molecule has 0 atom stereocenters. The van der Waals surface area contributed by atoms with Gasteiger partial charge in [-0.1, -0.05) is 6.92 Å². The summed E-state index contributed by atoms with van der Waals surface area (Å²) >= 11 is 1.10. The zero-order chi connectivity index (χ0) is 18.4. The molecule has 7 heteroatoms. The molecular weight excluding hydrogens is 344 g/mol. The molecule has 0 fully saturated rings. The minimum absolute atomic E-state index is 0.00859. The molecule has 128 valence electrons. The number of benzene rings is 2. The molecule has 0 aliphatic heterocycles. The molecule has 1 N–H and O–H groups in total. The molecule has 2 rings (SSSR count). The number of nitrogens with one attached hydrogen (secondary N) is 1. The van der Waals surface area contributed by atoms with E-state index in [-0.39, 0.29) is 10.6 Å². The number of methoxy groups -OCH3 is 1. The molecule has 0 amide bonds. The van der Waals surface area contributed by atoms with Crippen LogP contribution < -0.4 is 10.1 Å². The predicted molar refractivity (Wildman–Crippen MR) is 93.1 cm³/mol. The predicted octanol–water partition coefficient (Wildman–Crippen LogP) is 4.96. The van der Waals surface area contributed by atoms with Crippen LogP contribution in [0.2, 0.25) is 0 Å². The lowest BCUT2D eigenvalue weighted by molar-refractivity contribution is 0.415. The quantitative estimate of drug-likeness (QED) is 0.738. The van der Waals surface area contributed by atoms with Crippen molar-refractivity contribution in [1.29, 1.82) is 10.5 Å². The number of hydrogen-bond acceptors (Lipinski definition) is 5. The standard InChI is InChI=1S/C18H15F2N3OS/c1-3-8-25-18-16(20)14(10-22)13(9-21)15(19)17(18)23-11-4-6-12(24-2)7-5-11/h4-7,23H,3,8H2,1-2H3. The molecule has 0 saturated carbocycles. The Morgan fingerprint density at radius 3 is 2.20 bits per heavy atom. The summed E-state index contributed by atoms with van der Waals surface area (Å²) < 4.78 is 34.5. The second-order valence-corrected chi connectivity index (χ2v) is 6.11. The van der Waals surface area contributed by atoms with Crippen molar-refractivity contribution in [2.75, 3.05) is 18.2 Å². The average molecular weight is 359 g/mol. The van der Waals surface area contributed by atoms with Crippen molar-refractivity contribution in [2.45, 2.75) is 18.2 Å². The summed E-state index contributed by atoms with van der Waals surface area (Å²) in [5.74, 6) is -0.648. The highest BCUT2D eigenvalue weighted by molar-refractivity contribution is 7.99. The van der Waals surface area contributed by atoms with Crippen molar-refractivity contribution in [3.8, 4) is 17.9 Å². The summed E-state index contributed by atoms with van der Waals surface area (Å²) in [6.45, 7) is 1.91. The smallest absolute Gasteiger partial charge is 0.167 e. The van der Waals surface area contributed by atoms with Crippen molar-refractivity contribution in [2.24, 2.45) is 0 Å². The minimum Gasteiger partial charge on any atom is -0.497 e. The van der Waals surface area contributed by atoms with Crippen molar-refractivity contribution < 1.29 is 13.5 Å². The third-order valence-corrected chi connectivity index (χ3v) is 4.65. The number of nitrogens with zero attached hydrogens (tertiary/aromatic N) is 2. The fourth-order valence-electron chi connectivity index (χ4n) is 2.15. The van der Waals surface area contributed by atoms with Gasteiger partial charge in [0.15, 0.2) is 11.6 Å². The molecule has 25 heavy (non-hydrogen) atoms. The fraction of sp³-hybridized carbons (Fsp3) is 0.222. The Bertz CT molecular complexity index is 855. The number of nitriles is 2. The Labute approximate surface area is 149 Å². The monoisotopic (exact) mass is 359 g/mol. The van der Waals surface area contributed by atoms with E-state index in [1.807, 2.05) is 6.92 Å². The van der Waals surface area contributed by atoms with Crippen molar-refractivity contribution >= 4 is 23.1 Å². The molecule has 0 aromatic heterocycles. The van der Waals surface area contributed by atoms with Gasteiger partial charge in [0.05, 0.1) is 17.7 Å². The number of halogens is 2. The topological polar surface area (TPSA) is 68.8 Å². The first-order valence-electron chi connectivity index (χ1n) is 7.46. The lowest BCUT2D eigenvalue weighted by Crippen LogP contribution is -2.05. The first kappa shape index (κ1) is 18.6. The molecule has 0 unspecified atom stereocenters. The second-order valence-electron chi connectivity index (χ2n) is 5.01. The Kier molecular flexibility index (Phi) is 6.21. The van der Waals surface area contributed by atoms with Gasteiger partial charge in [-0.3, -0.25) is 0 Å². The number of rotatable bonds is 6. The van der Waals surface area contributed by atoms with Gasteiger partial charge in [0.1, 0.15) is 29.0 Å². The molecule has 0 bridgehead atoms. The lowest BCUT2D eigenvalue weighted by atomic mass is 10.1. The molecule has 0 spiro atoms. The molecule has 2 aromatic carbocycles. The summed E-state index contributed by atoms with van der Waals surface area (Å²) in [5, 5.41) is 21.0. The molecule has 2 aromatic rings. The van der Waals surface area contributed by atoms with E-state index in [9.17, 15) is 8.78 Å². The van der Waals surface area contributed by atoms with Gasteiger partial charge < -0.3 is 10.1 Å². The number of ether oxygens (including phenoxy) is 1. The van der Waals surface area contributed by atoms with Crippen molar-refractivity contribution in [1.82, 2.24) is 0 Å². The van der Waals surface area contributed by atoms with Crippen molar-refractivity contribution in [3.05, 3.63) is 47.0 Å². The van der Waals surface area contributed by atoms with Gasteiger partial charge in [0.2, 0.25) is 0 Å². The first-order valence-corrected chi connectivity index (χ1v) is 8.44. The third-order valence-electron chi connectivity index (χ3n) is 3.37.